The molecule has 0 aliphatic heterocycles. The Hall–Kier alpha value is -2.66. The fourth-order valence-corrected chi connectivity index (χ4v) is 2.87. The molecule has 0 bridgehead atoms. The standard InChI is InChI=1S/C14H13N3O4S/c1-9-7-17(8-16-9)12-4-10(6-15)11(14(18)21-2)5-13(12)22(3,19)20/h4-5,7-8H,1-3H3. The van der Waals surface area contributed by atoms with Crippen molar-refractivity contribution >= 4 is 15.8 Å². The minimum atomic E-state index is -3.63. The number of nitrogens with zero attached hydrogens (tertiary/aromatic N) is 3. The number of sulfone groups is 1. The predicted molar refractivity (Wildman–Crippen MR) is 77.5 cm³/mol. The molecule has 22 heavy (non-hydrogen) atoms. The molecule has 0 unspecified atom stereocenters. The van der Waals surface area contributed by atoms with Gasteiger partial charge in [-0.1, -0.05) is 0 Å². The number of aryl methyl sites for hydroxylation is 1. The van der Waals surface area contributed by atoms with Crippen LogP contribution in [-0.4, -0.2) is 37.3 Å². The lowest BCUT2D eigenvalue weighted by molar-refractivity contribution is 0.0600. The second kappa shape index (κ2) is 5.61. The topological polar surface area (TPSA) is 102 Å². The van der Waals surface area contributed by atoms with E-state index < -0.39 is 15.8 Å². The Morgan fingerprint density at radius 2 is 2.09 bits per heavy atom. The summed E-state index contributed by atoms with van der Waals surface area (Å²) < 4.78 is 30.1. The van der Waals surface area contributed by atoms with Crippen LogP contribution in [0.2, 0.25) is 0 Å². The molecule has 2 aromatic rings. The van der Waals surface area contributed by atoms with Crippen molar-refractivity contribution < 1.29 is 17.9 Å². The van der Waals surface area contributed by atoms with Gasteiger partial charge in [-0.3, -0.25) is 0 Å². The van der Waals surface area contributed by atoms with E-state index in [2.05, 4.69) is 9.72 Å². The summed E-state index contributed by atoms with van der Waals surface area (Å²) in [5.41, 5.74) is 0.883. The molecule has 0 spiro atoms. The number of esters is 1. The van der Waals surface area contributed by atoms with Gasteiger partial charge in [-0.05, 0) is 19.1 Å². The quantitative estimate of drug-likeness (QED) is 0.789. The van der Waals surface area contributed by atoms with Crippen molar-refractivity contribution in [1.29, 1.82) is 5.26 Å². The third kappa shape index (κ3) is 2.84. The molecule has 0 radical (unpaired) electrons. The highest BCUT2D eigenvalue weighted by Gasteiger charge is 2.22. The SMILES string of the molecule is COC(=O)c1cc(S(C)(=O)=O)c(-n2cnc(C)c2)cc1C#N. The average Bonchev–Trinajstić information content (AvgIpc) is 2.90. The van der Waals surface area contributed by atoms with Crippen LogP contribution in [0.5, 0.6) is 0 Å². The van der Waals surface area contributed by atoms with Crippen molar-refractivity contribution in [1.82, 2.24) is 9.55 Å². The summed E-state index contributed by atoms with van der Waals surface area (Å²) in [4.78, 5) is 15.7. The van der Waals surface area contributed by atoms with Crippen LogP contribution in [0, 0.1) is 18.3 Å². The van der Waals surface area contributed by atoms with Crippen molar-refractivity contribution in [2.24, 2.45) is 0 Å². The van der Waals surface area contributed by atoms with Gasteiger partial charge in [0.05, 0.1) is 40.8 Å². The normalized spacial score (nSPS) is 11.0. The maximum Gasteiger partial charge on any atom is 0.339 e. The number of rotatable bonds is 3. The van der Waals surface area contributed by atoms with E-state index in [1.807, 2.05) is 6.07 Å². The molecule has 1 aromatic heterocycles. The maximum atomic E-state index is 12.0. The number of hydrogen-bond acceptors (Lipinski definition) is 6. The number of aromatic nitrogens is 2. The lowest BCUT2D eigenvalue weighted by Gasteiger charge is -2.12. The molecule has 0 aliphatic carbocycles. The molecule has 0 aliphatic rings. The van der Waals surface area contributed by atoms with E-state index in [1.165, 1.54) is 17.0 Å². The largest absolute Gasteiger partial charge is 0.465 e. The first-order valence-corrected chi connectivity index (χ1v) is 8.04. The van der Waals surface area contributed by atoms with Gasteiger partial charge in [0, 0.05) is 12.5 Å². The van der Waals surface area contributed by atoms with Crippen LogP contribution >= 0.6 is 0 Å². The third-order valence-electron chi connectivity index (χ3n) is 3.01. The first-order valence-electron chi connectivity index (χ1n) is 6.15. The van der Waals surface area contributed by atoms with Gasteiger partial charge in [0.15, 0.2) is 9.84 Å². The number of hydrogen-bond donors (Lipinski definition) is 0. The molecule has 1 aromatic carbocycles. The van der Waals surface area contributed by atoms with E-state index >= 15 is 0 Å². The number of nitriles is 1. The Labute approximate surface area is 127 Å². The van der Waals surface area contributed by atoms with Crippen LogP contribution in [-0.2, 0) is 14.6 Å². The lowest BCUT2D eigenvalue weighted by atomic mass is 10.1. The molecule has 0 saturated carbocycles. The van der Waals surface area contributed by atoms with Crippen LogP contribution in [0.25, 0.3) is 5.69 Å². The fourth-order valence-electron chi connectivity index (χ4n) is 1.99. The van der Waals surface area contributed by atoms with E-state index in [4.69, 9.17) is 0 Å². The van der Waals surface area contributed by atoms with Crippen molar-refractivity contribution in [3.05, 3.63) is 41.5 Å². The van der Waals surface area contributed by atoms with Gasteiger partial charge in [-0.25, -0.2) is 18.2 Å². The van der Waals surface area contributed by atoms with Crippen LogP contribution in [0.3, 0.4) is 0 Å². The van der Waals surface area contributed by atoms with Gasteiger partial charge in [0.1, 0.15) is 6.07 Å². The van der Waals surface area contributed by atoms with Gasteiger partial charge in [-0.15, -0.1) is 0 Å². The van der Waals surface area contributed by atoms with Crippen molar-refractivity contribution in [3.63, 3.8) is 0 Å². The first-order chi connectivity index (χ1) is 10.3. The Balaban J connectivity index is 2.84. The summed E-state index contributed by atoms with van der Waals surface area (Å²) >= 11 is 0. The Kier molecular flexibility index (Phi) is 4.01. The highest BCUT2D eigenvalue weighted by Crippen LogP contribution is 2.25. The molecule has 114 valence electrons. The number of ether oxygens (including phenoxy) is 1. The molecular formula is C14H13N3O4S. The molecule has 0 atom stereocenters. The molecule has 7 nitrogen and oxygen atoms in total. The number of carbonyl (C=O) groups is 1. The molecule has 0 N–H and O–H groups in total. The van der Waals surface area contributed by atoms with E-state index in [0.29, 0.717) is 5.69 Å². The number of benzene rings is 1. The first kappa shape index (κ1) is 15.7. The lowest BCUT2D eigenvalue weighted by Crippen LogP contribution is -2.11. The summed E-state index contributed by atoms with van der Waals surface area (Å²) in [6.07, 6.45) is 4.10. The highest BCUT2D eigenvalue weighted by atomic mass is 32.2. The minimum absolute atomic E-state index is 0.0283. The molecular weight excluding hydrogens is 306 g/mol. The number of carbonyl (C=O) groups excluding carboxylic acids is 1. The smallest absolute Gasteiger partial charge is 0.339 e. The summed E-state index contributed by atoms with van der Waals surface area (Å²) in [5.74, 6) is -0.769. The fraction of sp³-hybridized carbons (Fsp3) is 0.214. The van der Waals surface area contributed by atoms with Crippen molar-refractivity contribution in [2.45, 2.75) is 11.8 Å². The number of methoxy groups -OCH3 is 1. The van der Waals surface area contributed by atoms with Gasteiger partial charge in [0.2, 0.25) is 0 Å². The summed E-state index contributed by atoms with van der Waals surface area (Å²) in [6.45, 7) is 1.75. The highest BCUT2D eigenvalue weighted by molar-refractivity contribution is 7.90. The van der Waals surface area contributed by atoms with Crippen molar-refractivity contribution in [2.75, 3.05) is 13.4 Å². The number of imidazole rings is 1. The summed E-state index contributed by atoms with van der Waals surface area (Å²) in [6, 6.07) is 4.37. The van der Waals surface area contributed by atoms with Gasteiger partial charge in [0.25, 0.3) is 0 Å². The van der Waals surface area contributed by atoms with Crippen LogP contribution < -0.4 is 0 Å². The second-order valence-electron chi connectivity index (χ2n) is 4.66. The zero-order chi connectivity index (χ0) is 16.5. The third-order valence-corrected chi connectivity index (χ3v) is 4.14. The molecule has 1 heterocycles. The van der Waals surface area contributed by atoms with E-state index in [-0.39, 0.29) is 21.7 Å². The minimum Gasteiger partial charge on any atom is -0.465 e. The Bertz CT molecular complexity index is 891. The summed E-state index contributed by atoms with van der Waals surface area (Å²) in [5, 5.41) is 9.20. The summed E-state index contributed by atoms with van der Waals surface area (Å²) in [7, 11) is -2.46. The second-order valence-corrected chi connectivity index (χ2v) is 6.65. The van der Waals surface area contributed by atoms with Crippen LogP contribution in [0.15, 0.2) is 29.6 Å². The monoisotopic (exact) mass is 319 g/mol. The van der Waals surface area contributed by atoms with E-state index in [9.17, 15) is 18.5 Å². The molecule has 0 saturated heterocycles. The predicted octanol–water partition coefficient (Wildman–Crippen LogP) is 1.24. The molecule has 0 amide bonds. The van der Waals surface area contributed by atoms with Crippen LogP contribution in [0.4, 0.5) is 0 Å². The van der Waals surface area contributed by atoms with E-state index in [0.717, 1.165) is 19.4 Å². The molecule has 8 heteroatoms. The van der Waals surface area contributed by atoms with Crippen LogP contribution in [0.1, 0.15) is 21.6 Å². The Morgan fingerprint density at radius 3 is 2.55 bits per heavy atom. The average molecular weight is 319 g/mol. The van der Waals surface area contributed by atoms with E-state index in [1.54, 1.807) is 13.1 Å². The molecule has 2 rings (SSSR count). The Morgan fingerprint density at radius 1 is 1.41 bits per heavy atom. The van der Waals surface area contributed by atoms with Gasteiger partial charge >= 0.3 is 5.97 Å². The van der Waals surface area contributed by atoms with Gasteiger partial charge < -0.3 is 9.30 Å². The van der Waals surface area contributed by atoms with Crippen molar-refractivity contribution in [3.8, 4) is 11.8 Å². The molecule has 0 fully saturated rings. The van der Waals surface area contributed by atoms with Gasteiger partial charge in [-0.2, -0.15) is 5.26 Å². The zero-order valence-electron chi connectivity index (χ0n) is 12.2. The maximum absolute atomic E-state index is 12.0. The zero-order valence-corrected chi connectivity index (χ0v) is 13.0.